The second-order valence-corrected chi connectivity index (χ2v) is 6.29. The molecule has 2 heterocycles. The summed E-state index contributed by atoms with van der Waals surface area (Å²) in [7, 11) is -2.16. The number of carboxylic acid groups (broad SMARTS) is 1. The van der Waals surface area contributed by atoms with Gasteiger partial charge in [0.1, 0.15) is 10.6 Å². The molecule has 18 heavy (non-hydrogen) atoms. The molecule has 0 amide bonds. The van der Waals surface area contributed by atoms with Crippen molar-refractivity contribution in [1.82, 2.24) is 8.87 Å². The third-order valence-corrected chi connectivity index (χ3v) is 4.82. The summed E-state index contributed by atoms with van der Waals surface area (Å²) >= 11 is 0. The number of sulfonamides is 1. The van der Waals surface area contributed by atoms with E-state index in [0.29, 0.717) is 0 Å². The maximum atomic E-state index is 12.1. The fraction of sp³-hybridized carbons (Fsp3) is 0.500. The lowest BCUT2D eigenvalue weighted by Gasteiger charge is -2.36. The van der Waals surface area contributed by atoms with Gasteiger partial charge in [0.05, 0.1) is 0 Å². The molecule has 1 fully saturated rings. The molecule has 1 aliphatic rings. The Labute approximate surface area is 104 Å². The van der Waals surface area contributed by atoms with E-state index in [4.69, 9.17) is 10.2 Å². The number of aliphatic hydroxyl groups excluding tert-OH is 1. The van der Waals surface area contributed by atoms with E-state index in [1.165, 1.54) is 22.1 Å². The molecule has 0 radical (unpaired) electrons. The van der Waals surface area contributed by atoms with E-state index in [2.05, 4.69) is 0 Å². The smallest absolute Gasteiger partial charge is 0.352 e. The van der Waals surface area contributed by atoms with Gasteiger partial charge in [-0.15, -0.1) is 0 Å². The third-order valence-electron chi connectivity index (χ3n) is 3.02. The topological polar surface area (TPSA) is 99.8 Å². The van der Waals surface area contributed by atoms with Gasteiger partial charge in [0, 0.05) is 38.9 Å². The predicted molar refractivity (Wildman–Crippen MR) is 61.7 cm³/mol. The van der Waals surface area contributed by atoms with Crippen LogP contribution in [0.5, 0.6) is 0 Å². The van der Waals surface area contributed by atoms with Crippen molar-refractivity contribution in [1.29, 1.82) is 0 Å². The number of aliphatic hydroxyl groups is 1. The first kappa shape index (κ1) is 13.1. The number of carbonyl (C=O) groups is 1. The highest BCUT2D eigenvalue weighted by Crippen LogP contribution is 2.25. The van der Waals surface area contributed by atoms with Gasteiger partial charge in [0.15, 0.2) is 0 Å². The Kier molecular flexibility index (Phi) is 3.18. The van der Waals surface area contributed by atoms with Crippen LogP contribution in [-0.4, -0.2) is 53.2 Å². The molecule has 0 spiro atoms. The van der Waals surface area contributed by atoms with Gasteiger partial charge < -0.3 is 14.8 Å². The minimum atomic E-state index is -3.64. The number of rotatable bonds is 4. The van der Waals surface area contributed by atoms with Crippen LogP contribution < -0.4 is 0 Å². The van der Waals surface area contributed by atoms with Crippen LogP contribution in [0.15, 0.2) is 17.2 Å². The van der Waals surface area contributed by atoms with Crippen LogP contribution in [0.2, 0.25) is 0 Å². The van der Waals surface area contributed by atoms with E-state index >= 15 is 0 Å². The van der Waals surface area contributed by atoms with Gasteiger partial charge in [-0.2, -0.15) is 4.31 Å². The SMILES string of the molecule is Cn1cc(S(=O)(=O)N2CC(CO)C2)cc1C(=O)O. The highest BCUT2D eigenvalue weighted by molar-refractivity contribution is 7.89. The Morgan fingerprint density at radius 3 is 2.56 bits per heavy atom. The zero-order chi connectivity index (χ0) is 13.5. The summed E-state index contributed by atoms with van der Waals surface area (Å²) in [6.45, 7) is 0.507. The van der Waals surface area contributed by atoms with E-state index < -0.39 is 16.0 Å². The number of aromatic carboxylic acids is 1. The minimum Gasteiger partial charge on any atom is -0.477 e. The van der Waals surface area contributed by atoms with Gasteiger partial charge in [0.2, 0.25) is 10.0 Å². The van der Waals surface area contributed by atoms with Crippen molar-refractivity contribution in [3.63, 3.8) is 0 Å². The summed E-state index contributed by atoms with van der Waals surface area (Å²) in [4.78, 5) is 10.8. The molecule has 1 aromatic heterocycles. The minimum absolute atomic E-state index is 0.0255. The molecule has 2 N–H and O–H groups in total. The Morgan fingerprint density at radius 1 is 1.50 bits per heavy atom. The Bertz CT molecular complexity index is 571. The zero-order valence-corrected chi connectivity index (χ0v) is 10.6. The fourth-order valence-corrected chi connectivity index (χ4v) is 3.54. The van der Waals surface area contributed by atoms with Crippen molar-refractivity contribution >= 4 is 16.0 Å². The lowest BCUT2D eigenvalue weighted by Crippen LogP contribution is -2.51. The van der Waals surface area contributed by atoms with Crippen LogP contribution in [-0.2, 0) is 17.1 Å². The van der Waals surface area contributed by atoms with E-state index in [1.54, 1.807) is 0 Å². The number of hydrogen-bond acceptors (Lipinski definition) is 4. The lowest BCUT2D eigenvalue weighted by molar-refractivity contribution is 0.0686. The molecule has 0 saturated carbocycles. The maximum Gasteiger partial charge on any atom is 0.352 e. The average Bonchev–Trinajstić information content (AvgIpc) is 2.59. The third kappa shape index (κ3) is 2.02. The molecule has 1 aromatic rings. The zero-order valence-electron chi connectivity index (χ0n) is 9.78. The molecule has 8 heteroatoms. The van der Waals surface area contributed by atoms with Gasteiger partial charge in [-0.05, 0) is 6.07 Å². The predicted octanol–water partition coefficient (Wildman–Crippen LogP) is -0.664. The number of hydrogen-bond donors (Lipinski definition) is 2. The van der Waals surface area contributed by atoms with Crippen LogP contribution in [0.4, 0.5) is 0 Å². The molecule has 0 aromatic carbocycles. The first-order valence-corrected chi connectivity index (χ1v) is 6.81. The number of aryl methyl sites for hydroxylation is 1. The molecular weight excluding hydrogens is 260 g/mol. The summed E-state index contributed by atoms with van der Waals surface area (Å²) in [6, 6.07) is 1.14. The number of aromatic nitrogens is 1. The van der Waals surface area contributed by atoms with Crippen LogP contribution in [0.3, 0.4) is 0 Å². The highest BCUT2D eigenvalue weighted by atomic mass is 32.2. The summed E-state index contributed by atoms with van der Waals surface area (Å²) in [5.74, 6) is -1.20. The molecular formula is C10H14N2O5S. The number of carboxylic acids is 1. The van der Waals surface area contributed by atoms with Crippen molar-refractivity contribution in [2.45, 2.75) is 4.90 Å². The molecule has 2 rings (SSSR count). The second kappa shape index (κ2) is 4.38. The number of nitrogens with zero attached hydrogens (tertiary/aromatic N) is 2. The summed E-state index contributed by atoms with van der Waals surface area (Å²) in [6.07, 6.45) is 1.28. The van der Waals surface area contributed by atoms with Crippen molar-refractivity contribution < 1.29 is 23.4 Å². The van der Waals surface area contributed by atoms with Crippen LogP contribution in [0.25, 0.3) is 0 Å². The highest BCUT2D eigenvalue weighted by Gasteiger charge is 2.37. The van der Waals surface area contributed by atoms with Gasteiger partial charge in [-0.25, -0.2) is 13.2 Å². The van der Waals surface area contributed by atoms with Crippen LogP contribution in [0, 0.1) is 5.92 Å². The van der Waals surface area contributed by atoms with Gasteiger partial charge in [-0.3, -0.25) is 0 Å². The molecule has 0 atom stereocenters. The van der Waals surface area contributed by atoms with Gasteiger partial charge >= 0.3 is 5.97 Å². The maximum absolute atomic E-state index is 12.1. The molecule has 0 bridgehead atoms. The van der Waals surface area contributed by atoms with Crippen molar-refractivity contribution in [3.8, 4) is 0 Å². The lowest BCUT2D eigenvalue weighted by atomic mass is 10.1. The van der Waals surface area contributed by atoms with Gasteiger partial charge in [-0.1, -0.05) is 0 Å². The normalized spacial score (nSPS) is 17.7. The summed E-state index contributed by atoms with van der Waals surface area (Å²) in [5.41, 5.74) is -0.0761. The second-order valence-electron chi connectivity index (χ2n) is 4.35. The van der Waals surface area contributed by atoms with Crippen LogP contribution >= 0.6 is 0 Å². The molecule has 100 valence electrons. The molecule has 7 nitrogen and oxygen atoms in total. The van der Waals surface area contributed by atoms with Crippen molar-refractivity contribution in [3.05, 3.63) is 18.0 Å². The van der Waals surface area contributed by atoms with E-state index in [-0.39, 0.29) is 36.2 Å². The fourth-order valence-electron chi connectivity index (χ4n) is 1.87. The standard InChI is InChI=1S/C10H14N2O5S/c1-11-5-8(2-9(11)10(14)15)18(16,17)12-3-7(4-12)6-13/h2,5,7,13H,3-4,6H2,1H3,(H,14,15). The van der Waals surface area contributed by atoms with Crippen molar-refractivity contribution in [2.75, 3.05) is 19.7 Å². The Morgan fingerprint density at radius 2 is 2.11 bits per heavy atom. The molecule has 0 unspecified atom stereocenters. The van der Waals surface area contributed by atoms with Gasteiger partial charge in [0.25, 0.3) is 0 Å². The van der Waals surface area contributed by atoms with Crippen molar-refractivity contribution in [2.24, 2.45) is 13.0 Å². The molecule has 0 aliphatic carbocycles. The van der Waals surface area contributed by atoms with E-state index in [0.717, 1.165) is 6.07 Å². The molecule has 1 aliphatic heterocycles. The summed E-state index contributed by atoms with van der Waals surface area (Å²) < 4.78 is 26.7. The van der Waals surface area contributed by atoms with E-state index in [1.807, 2.05) is 0 Å². The first-order valence-electron chi connectivity index (χ1n) is 5.37. The quantitative estimate of drug-likeness (QED) is 0.759. The monoisotopic (exact) mass is 274 g/mol. The van der Waals surface area contributed by atoms with E-state index in [9.17, 15) is 13.2 Å². The summed E-state index contributed by atoms with van der Waals surface area (Å²) in [5, 5.41) is 17.7. The largest absolute Gasteiger partial charge is 0.477 e. The Hall–Kier alpha value is -1.38. The molecule has 1 saturated heterocycles. The Balaban J connectivity index is 2.26. The average molecular weight is 274 g/mol. The van der Waals surface area contributed by atoms with Crippen LogP contribution in [0.1, 0.15) is 10.5 Å². The first-order chi connectivity index (χ1) is 8.36.